The quantitative estimate of drug-likeness (QED) is 0.258. The highest BCUT2D eigenvalue weighted by Gasteiger charge is 2.15. The Morgan fingerprint density at radius 1 is 0.909 bits per heavy atom. The Kier molecular flexibility index (Phi) is 14.9. The molecule has 0 fully saturated rings. The predicted molar refractivity (Wildman–Crippen MR) is 92.8 cm³/mol. The van der Waals surface area contributed by atoms with Crippen LogP contribution >= 0.6 is 0 Å². The van der Waals surface area contributed by atoms with Crippen molar-refractivity contribution in [1.82, 2.24) is 10.4 Å². The second-order valence-electron chi connectivity index (χ2n) is 6.23. The molecule has 0 aliphatic heterocycles. The van der Waals surface area contributed by atoms with Gasteiger partial charge in [0.1, 0.15) is 6.17 Å². The van der Waals surface area contributed by atoms with E-state index in [0.29, 0.717) is 13.0 Å². The van der Waals surface area contributed by atoms with Crippen molar-refractivity contribution in [2.45, 2.75) is 104 Å². The zero-order valence-electron chi connectivity index (χ0n) is 15.1. The summed E-state index contributed by atoms with van der Waals surface area (Å²) in [4.78, 5) is 11.9. The number of rotatable bonds is 15. The van der Waals surface area contributed by atoms with Gasteiger partial charge in [-0.3, -0.25) is 4.79 Å². The van der Waals surface area contributed by atoms with Crippen molar-refractivity contribution in [3.05, 3.63) is 0 Å². The normalized spacial score (nSPS) is 12.6. The summed E-state index contributed by atoms with van der Waals surface area (Å²) in [6.07, 6.45) is 13.3. The Bertz CT molecular complexity index is 259. The lowest BCUT2D eigenvalue weighted by molar-refractivity contribution is -0.148. The summed E-state index contributed by atoms with van der Waals surface area (Å²) in [7, 11) is 0. The van der Waals surface area contributed by atoms with Crippen LogP contribution < -0.4 is 5.32 Å². The summed E-state index contributed by atoms with van der Waals surface area (Å²) in [5, 5.41) is 14.0. The van der Waals surface area contributed by atoms with Gasteiger partial charge in [0.05, 0.1) is 0 Å². The molecule has 0 bridgehead atoms. The molecule has 1 unspecified atom stereocenters. The molecule has 1 amide bonds. The van der Waals surface area contributed by atoms with Crippen molar-refractivity contribution < 1.29 is 10.0 Å². The molecule has 22 heavy (non-hydrogen) atoms. The number of hydrogen-bond donors (Lipinski definition) is 2. The third-order valence-electron chi connectivity index (χ3n) is 4.03. The predicted octanol–water partition coefficient (Wildman–Crippen LogP) is 4.86. The lowest BCUT2D eigenvalue weighted by Crippen LogP contribution is -2.46. The van der Waals surface area contributed by atoms with E-state index < -0.39 is 0 Å². The van der Waals surface area contributed by atoms with E-state index in [0.717, 1.165) is 25.7 Å². The van der Waals surface area contributed by atoms with Crippen LogP contribution in [0.4, 0.5) is 0 Å². The average molecular weight is 315 g/mol. The van der Waals surface area contributed by atoms with Gasteiger partial charge in [0.15, 0.2) is 0 Å². The molecule has 2 N–H and O–H groups in total. The van der Waals surface area contributed by atoms with Gasteiger partial charge >= 0.3 is 0 Å². The molecular weight excluding hydrogens is 276 g/mol. The van der Waals surface area contributed by atoms with Crippen LogP contribution in [0.2, 0.25) is 0 Å². The monoisotopic (exact) mass is 314 g/mol. The molecule has 1 atom stereocenters. The van der Waals surface area contributed by atoms with E-state index in [-0.39, 0.29) is 12.1 Å². The summed E-state index contributed by atoms with van der Waals surface area (Å²) in [5.74, 6) is 0.0601. The summed E-state index contributed by atoms with van der Waals surface area (Å²) in [6, 6.07) is 0. The minimum Gasteiger partial charge on any atom is -0.339 e. The van der Waals surface area contributed by atoms with E-state index in [1.54, 1.807) is 0 Å². The van der Waals surface area contributed by atoms with E-state index >= 15 is 0 Å². The van der Waals surface area contributed by atoms with Crippen molar-refractivity contribution in [3.63, 3.8) is 0 Å². The van der Waals surface area contributed by atoms with Gasteiger partial charge in [-0.1, -0.05) is 72.1 Å². The number of carbonyl (C=O) groups excluding carboxylic acids is 1. The van der Waals surface area contributed by atoms with E-state index in [4.69, 9.17) is 0 Å². The van der Waals surface area contributed by atoms with Crippen LogP contribution in [0.1, 0.15) is 97.8 Å². The molecule has 0 aromatic rings. The number of nitrogens with zero attached hydrogens (tertiary/aromatic N) is 1. The molecule has 0 aliphatic rings. The number of hydrogen-bond acceptors (Lipinski definition) is 3. The molecule has 0 aromatic carbocycles. The number of unbranched alkanes of at least 4 members (excludes halogenated alkanes) is 8. The fraction of sp³-hybridized carbons (Fsp3) is 0.944. The Morgan fingerprint density at radius 3 is 1.95 bits per heavy atom. The van der Waals surface area contributed by atoms with Crippen molar-refractivity contribution in [2.24, 2.45) is 0 Å². The first-order chi connectivity index (χ1) is 10.7. The first-order valence-corrected chi connectivity index (χ1v) is 9.40. The van der Waals surface area contributed by atoms with Crippen LogP contribution in [-0.2, 0) is 4.79 Å². The first kappa shape index (κ1) is 21.4. The van der Waals surface area contributed by atoms with Crippen LogP contribution in [0.3, 0.4) is 0 Å². The topological polar surface area (TPSA) is 52.6 Å². The maximum Gasteiger partial charge on any atom is 0.221 e. The van der Waals surface area contributed by atoms with E-state index in [1.165, 1.54) is 50.0 Å². The molecular formula is C18H38N2O2. The summed E-state index contributed by atoms with van der Waals surface area (Å²) in [5.41, 5.74) is 0. The maximum atomic E-state index is 11.9. The van der Waals surface area contributed by atoms with Crippen molar-refractivity contribution in [3.8, 4) is 0 Å². The summed E-state index contributed by atoms with van der Waals surface area (Å²) in [6.45, 7) is 6.83. The largest absolute Gasteiger partial charge is 0.339 e. The zero-order valence-corrected chi connectivity index (χ0v) is 15.1. The second-order valence-corrected chi connectivity index (χ2v) is 6.23. The van der Waals surface area contributed by atoms with Crippen LogP contribution in [0.5, 0.6) is 0 Å². The Balaban J connectivity index is 3.56. The van der Waals surface area contributed by atoms with Crippen LogP contribution in [-0.4, -0.2) is 28.9 Å². The number of hydroxylamine groups is 2. The highest BCUT2D eigenvalue weighted by Crippen LogP contribution is 2.10. The number of nitrogens with one attached hydrogen (secondary N) is 1. The smallest absolute Gasteiger partial charge is 0.221 e. The highest BCUT2D eigenvalue weighted by atomic mass is 16.5. The lowest BCUT2D eigenvalue weighted by Gasteiger charge is -2.25. The molecule has 0 aliphatic carbocycles. The van der Waals surface area contributed by atoms with Gasteiger partial charge in [-0.2, -0.15) is 5.06 Å². The minimum absolute atomic E-state index is 0.0601. The summed E-state index contributed by atoms with van der Waals surface area (Å²) >= 11 is 0. The van der Waals surface area contributed by atoms with Crippen molar-refractivity contribution >= 4 is 5.91 Å². The Hall–Kier alpha value is -0.610. The van der Waals surface area contributed by atoms with Crippen LogP contribution in [0, 0.1) is 0 Å². The van der Waals surface area contributed by atoms with Gasteiger partial charge in [0.2, 0.25) is 5.91 Å². The SMILES string of the molecule is CCCCCCCCCCCC(=O)NC(CC)N(O)CCC. The molecule has 4 heteroatoms. The Morgan fingerprint density at radius 2 is 1.45 bits per heavy atom. The second kappa shape index (κ2) is 15.3. The van der Waals surface area contributed by atoms with Crippen LogP contribution in [0.25, 0.3) is 0 Å². The molecule has 0 spiro atoms. The van der Waals surface area contributed by atoms with Gasteiger partial charge in [0, 0.05) is 13.0 Å². The van der Waals surface area contributed by atoms with Gasteiger partial charge in [0.25, 0.3) is 0 Å². The van der Waals surface area contributed by atoms with Crippen molar-refractivity contribution in [1.29, 1.82) is 0 Å². The fourth-order valence-corrected chi connectivity index (χ4v) is 2.63. The number of carbonyl (C=O) groups is 1. The van der Waals surface area contributed by atoms with Gasteiger partial charge < -0.3 is 10.5 Å². The molecule has 132 valence electrons. The molecule has 0 rings (SSSR count). The maximum absolute atomic E-state index is 11.9. The van der Waals surface area contributed by atoms with E-state index in [2.05, 4.69) is 12.2 Å². The molecule has 4 nitrogen and oxygen atoms in total. The Labute approximate surface area is 137 Å². The van der Waals surface area contributed by atoms with Gasteiger partial charge in [-0.25, -0.2) is 0 Å². The third kappa shape index (κ3) is 12.0. The van der Waals surface area contributed by atoms with Gasteiger partial charge in [-0.15, -0.1) is 0 Å². The minimum atomic E-state index is -0.244. The number of amides is 1. The van der Waals surface area contributed by atoms with E-state index in [1.807, 2.05) is 13.8 Å². The summed E-state index contributed by atoms with van der Waals surface area (Å²) < 4.78 is 0. The lowest BCUT2D eigenvalue weighted by atomic mass is 10.1. The standard InChI is InChI=1S/C18H38N2O2/c1-4-7-8-9-10-11-12-13-14-15-18(21)19-17(6-3)20(22)16-5-2/h17,22H,4-16H2,1-3H3,(H,19,21). The molecule has 0 saturated carbocycles. The van der Waals surface area contributed by atoms with Crippen molar-refractivity contribution in [2.75, 3.05) is 6.54 Å². The molecule has 0 heterocycles. The molecule has 0 aromatic heterocycles. The van der Waals surface area contributed by atoms with Crippen LogP contribution in [0.15, 0.2) is 0 Å². The van der Waals surface area contributed by atoms with E-state index in [9.17, 15) is 10.0 Å². The third-order valence-corrected chi connectivity index (χ3v) is 4.03. The average Bonchev–Trinajstić information content (AvgIpc) is 2.51. The molecule has 0 saturated heterocycles. The first-order valence-electron chi connectivity index (χ1n) is 9.40. The highest BCUT2D eigenvalue weighted by molar-refractivity contribution is 5.76. The molecule has 0 radical (unpaired) electrons. The van der Waals surface area contributed by atoms with Gasteiger partial charge in [-0.05, 0) is 19.3 Å². The fourth-order valence-electron chi connectivity index (χ4n) is 2.63. The zero-order chi connectivity index (χ0) is 16.6.